The van der Waals surface area contributed by atoms with E-state index in [-0.39, 0.29) is 0 Å². The molecule has 0 aromatic carbocycles. The summed E-state index contributed by atoms with van der Waals surface area (Å²) < 4.78 is 3.27. The van der Waals surface area contributed by atoms with E-state index in [0.29, 0.717) is 6.04 Å². The summed E-state index contributed by atoms with van der Waals surface area (Å²) in [4.78, 5) is 0. The van der Waals surface area contributed by atoms with E-state index in [1.807, 2.05) is 0 Å². The molecule has 2 nitrogen and oxygen atoms in total. The first-order valence-electron chi connectivity index (χ1n) is 4.46. The summed E-state index contributed by atoms with van der Waals surface area (Å²) in [6.07, 6.45) is 3.63. The molecular weight excluding hydrogens is 216 g/mol. The number of hydrogen-bond donors (Lipinski definition) is 0. The zero-order valence-corrected chi connectivity index (χ0v) is 9.06. The first-order valence-corrected chi connectivity index (χ1v) is 5.25. The van der Waals surface area contributed by atoms with Crippen LogP contribution >= 0.6 is 15.9 Å². The molecule has 0 spiro atoms. The monoisotopic (exact) mass is 228 g/mol. The van der Waals surface area contributed by atoms with Gasteiger partial charge in [0.05, 0.1) is 5.69 Å². The number of aromatic nitrogens is 2. The van der Waals surface area contributed by atoms with Crippen LogP contribution in [0.1, 0.15) is 37.6 Å². The van der Waals surface area contributed by atoms with Crippen LogP contribution in [0.3, 0.4) is 0 Å². The molecule has 1 aromatic heterocycles. The van der Waals surface area contributed by atoms with Gasteiger partial charge in [-0.05, 0) is 49.0 Å². The third kappa shape index (κ3) is 1.11. The Kier molecular flexibility index (Phi) is 1.99. The zero-order valence-electron chi connectivity index (χ0n) is 7.47. The Hall–Kier alpha value is -0.310. The highest BCUT2D eigenvalue weighted by atomic mass is 79.9. The van der Waals surface area contributed by atoms with E-state index in [9.17, 15) is 0 Å². The van der Waals surface area contributed by atoms with Gasteiger partial charge in [0.25, 0.3) is 0 Å². The molecule has 0 fully saturated rings. The third-order valence-corrected chi connectivity index (χ3v) is 3.20. The minimum Gasteiger partial charge on any atom is -0.255 e. The highest BCUT2D eigenvalue weighted by molar-refractivity contribution is 9.10. The summed E-state index contributed by atoms with van der Waals surface area (Å²) in [6, 6.07) is 0.463. The molecule has 0 atom stereocenters. The van der Waals surface area contributed by atoms with Crippen LogP contribution in [0.25, 0.3) is 0 Å². The fraction of sp³-hybridized carbons (Fsp3) is 0.667. The minimum atomic E-state index is 0.463. The SMILES string of the molecule is CC(C)n1nc2c(c1Br)CCC2. The molecule has 0 amide bonds. The maximum Gasteiger partial charge on any atom is 0.107 e. The number of fused-ring (bicyclic) bond motifs is 1. The van der Waals surface area contributed by atoms with Crippen molar-refractivity contribution in [2.45, 2.75) is 39.2 Å². The number of nitrogens with zero attached hydrogens (tertiary/aromatic N) is 2. The normalized spacial score (nSPS) is 15.7. The molecule has 0 aliphatic heterocycles. The molecule has 2 rings (SSSR count). The third-order valence-electron chi connectivity index (χ3n) is 2.36. The molecule has 1 aromatic rings. The Morgan fingerprint density at radius 3 is 2.75 bits per heavy atom. The Morgan fingerprint density at radius 2 is 2.17 bits per heavy atom. The summed E-state index contributed by atoms with van der Waals surface area (Å²) in [5, 5.41) is 4.56. The molecule has 0 saturated carbocycles. The van der Waals surface area contributed by atoms with Crippen molar-refractivity contribution in [1.82, 2.24) is 9.78 Å². The first kappa shape index (κ1) is 8.30. The minimum absolute atomic E-state index is 0.463. The largest absolute Gasteiger partial charge is 0.255 e. The van der Waals surface area contributed by atoms with Crippen LogP contribution in [0, 0.1) is 0 Å². The second-order valence-electron chi connectivity index (χ2n) is 3.61. The van der Waals surface area contributed by atoms with E-state index in [1.54, 1.807) is 0 Å². The molecular formula is C9H13BrN2. The van der Waals surface area contributed by atoms with Gasteiger partial charge in [-0.15, -0.1) is 0 Å². The van der Waals surface area contributed by atoms with E-state index in [2.05, 4.69) is 39.6 Å². The summed E-state index contributed by atoms with van der Waals surface area (Å²) in [7, 11) is 0. The van der Waals surface area contributed by atoms with Crippen LogP contribution in [0.5, 0.6) is 0 Å². The Balaban J connectivity index is 2.47. The van der Waals surface area contributed by atoms with Gasteiger partial charge >= 0.3 is 0 Å². The van der Waals surface area contributed by atoms with Crippen molar-refractivity contribution in [3.05, 3.63) is 15.9 Å². The van der Waals surface area contributed by atoms with Crippen molar-refractivity contribution < 1.29 is 0 Å². The number of halogens is 1. The van der Waals surface area contributed by atoms with Crippen LogP contribution in [0.4, 0.5) is 0 Å². The quantitative estimate of drug-likeness (QED) is 0.723. The van der Waals surface area contributed by atoms with E-state index in [1.165, 1.54) is 28.7 Å². The standard InChI is InChI=1S/C9H13BrN2/c1-6(2)12-9(10)7-4-3-5-8(7)11-12/h6H,3-5H2,1-2H3. The van der Waals surface area contributed by atoms with E-state index < -0.39 is 0 Å². The molecule has 0 unspecified atom stereocenters. The van der Waals surface area contributed by atoms with Gasteiger partial charge in [0, 0.05) is 11.6 Å². The van der Waals surface area contributed by atoms with Gasteiger partial charge < -0.3 is 0 Å². The molecule has 3 heteroatoms. The molecule has 12 heavy (non-hydrogen) atoms. The Labute approximate surface area is 81.1 Å². The highest BCUT2D eigenvalue weighted by Gasteiger charge is 2.21. The maximum atomic E-state index is 4.56. The number of aryl methyl sites for hydroxylation is 1. The summed E-state index contributed by atoms with van der Waals surface area (Å²) in [5.74, 6) is 0. The van der Waals surface area contributed by atoms with Crippen molar-refractivity contribution in [3.8, 4) is 0 Å². The molecule has 1 aliphatic carbocycles. The maximum absolute atomic E-state index is 4.56. The van der Waals surface area contributed by atoms with Gasteiger partial charge in [-0.3, -0.25) is 4.68 Å². The topological polar surface area (TPSA) is 17.8 Å². The predicted molar refractivity (Wildman–Crippen MR) is 52.3 cm³/mol. The molecule has 66 valence electrons. The van der Waals surface area contributed by atoms with Crippen LogP contribution < -0.4 is 0 Å². The van der Waals surface area contributed by atoms with Crippen molar-refractivity contribution >= 4 is 15.9 Å². The van der Waals surface area contributed by atoms with Gasteiger partial charge in [-0.2, -0.15) is 5.10 Å². The van der Waals surface area contributed by atoms with Crippen molar-refractivity contribution in [2.24, 2.45) is 0 Å². The molecule has 1 heterocycles. The summed E-state index contributed by atoms with van der Waals surface area (Å²) in [5.41, 5.74) is 2.74. The molecule has 0 N–H and O–H groups in total. The summed E-state index contributed by atoms with van der Waals surface area (Å²) >= 11 is 3.60. The average Bonchev–Trinajstić information content (AvgIpc) is 2.53. The van der Waals surface area contributed by atoms with Gasteiger partial charge in [-0.1, -0.05) is 0 Å². The van der Waals surface area contributed by atoms with Crippen LogP contribution in [-0.4, -0.2) is 9.78 Å². The lowest BCUT2D eigenvalue weighted by molar-refractivity contribution is 0.513. The molecule has 0 bridgehead atoms. The Bertz CT molecular complexity index is 302. The number of rotatable bonds is 1. The fourth-order valence-corrected chi connectivity index (χ4v) is 2.63. The highest BCUT2D eigenvalue weighted by Crippen LogP contribution is 2.30. The first-order chi connectivity index (χ1) is 5.70. The van der Waals surface area contributed by atoms with Gasteiger partial charge in [-0.25, -0.2) is 0 Å². The smallest absolute Gasteiger partial charge is 0.107 e. The predicted octanol–water partition coefficient (Wildman–Crippen LogP) is 2.72. The molecule has 0 saturated heterocycles. The van der Waals surface area contributed by atoms with E-state index >= 15 is 0 Å². The van der Waals surface area contributed by atoms with Crippen molar-refractivity contribution in [1.29, 1.82) is 0 Å². The van der Waals surface area contributed by atoms with Crippen LogP contribution in [0.15, 0.2) is 4.60 Å². The number of hydrogen-bond acceptors (Lipinski definition) is 1. The van der Waals surface area contributed by atoms with E-state index in [0.717, 1.165) is 6.42 Å². The van der Waals surface area contributed by atoms with Crippen molar-refractivity contribution in [2.75, 3.05) is 0 Å². The second-order valence-corrected chi connectivity index (χ2v) is 4.36. The van der Waals surface area contributed by atoms with Crippen molar-refractivity contribution in [3.63, 3.8) is 0 Å². The average molecular weight is 229 g/mol. The van der Waals surface area contributed by atoms with Crippen LogP contribution in [-0.2, 0) is 12.8 Å². The lowest BCUT2D eigenvalue weighted by Crippen LogP contribution is -2.04. The summed E-state index contributed by atoms with van der Waals surface area (Å²) in [6.45, 7) is 4.32. The van der Waals surface area contributed by atoms with Gasteiger partial charge in [0.15, 0.2) is 0 Å². The van der Waals surface area contributed by atoms with Gasteiger partial charge in [0.2, 0.25) is 0 Å². The molecule has 1 aliphatic rings. The van der Waals surface area contributed by atoms with E-state index in [4.69, 9.17) is 0 Å². The van der Waals surface area contributed by atoms with Gasteiger partial charge in [0.1, 0.15) is 4.60 Å². The lowest BCUT2D eigenvalue weighted by Gasteiger charge is -2.07. The Morgan fingerprint density at radius 1 is 1.42 bits per heavy atom. The second kappa shape index (κ2) is 2.87. The zero-order chi connectivity index (χ0) is 8.72. The molecule has 0 radical (unpaired) electrons. The lowest BCUT2D eigenvalue weighted by atomic mass is 10.3. The fourth-order valence-electron chi connectivity index (χ4n) is 1.71. The van der Waals surface area contributed by atoms with Crippen LogP contribution in [0.2, 0.25) is 0 Å².